The largest absolute Gasteiger partial charge is 0.435 e. The molecule has 2 aromatic rings. The summed E-state index contributed by atoms with van der Waals surface area (Å²) in [6, 6.07) is 14.8. The molecule has 1 unspecified atom stereocenters. The molecule has 0 aromatic heterocycles. The molecule has 1 N–H and O–H groups in total. The van der Waals surface area contributed by atoms with E-state index >= 15 is 0 Å². The van der Waals surface area contributed by atoms with Gasteiger partial charge in [-0.05, 0) is 55.1 Å². The lowest BCUT2D eigenvalue weighted by Crippen LogP contribution is -2.38. The molecule has 0 spiro atoms. The van der Waals surface area contributed by atoms with Gasteiger partial charge in [-0.25, -0.2) is 0 Å². The van der Waals surface area contributed by atoms with Gasteiger partial charge < -0.3 is 10.1 Å². The van der Waals surface area contributed by atoms with E-state index in [1.165, 1.54) is 17.2 Å². The predicted octanol–water partition coefficient (Wildman–Crippen LogP) is 3.91. The summed E-state index contributed by atoms with van der Waals surface area (Å²) in [7, 11) is 1.83. The molecule has 0 saturated heterocycles. The van der Waals surface area contributed by atoms with Crippen LogP contribution in [0.1, 0.15) is 35.6 Å². The van der Waals surface area contributed by atoms with Crippen LogP contribution in [0.5, 0.6) is 5.75 Å². The minimum atomic E-state index is -2.85. The van der Waals surface area contributed by atoms with Crippen LogP contribution in [-0.4, -0.2) is 31.0 Å². The average molecular weight is 374 g/mol. The van der Waals surface area contributed by atoms with E-state index in [0.29, 0.717) is 6.54 Å². The molecule has 0 radical (unpaired) electrons. The lowest BCUT2D eigenvalue weighted by Gasteiger charge is -2.27. The van der Waals surface area contributed by atoms with Crippen molar-refractivity contribution in [1.82, 2.24) is 10.2 Å². The molecule has 4 nitrogen and oxygen atoms in total. The van der Waals surface area contributed by atoms with Crippen LogP contribution in [-0.2, 0) is 17.8 Å². The van der Waals surface area contributed by atoms with Crippen LogP contribution in [0.4, 0.5) is 8.78 Å². The Morgan fingerprint density at radius 3 is 2.89 bits per heavy atom. The van der Waals surface area contributed by atoms with Crippen molar-refractivity contribution in [2.75, 3.05) is 13.6 Å². The van der Waals surface area contributed by atoms with Crippen LogP contribution in [0.25, 0.3) is 0 Å². The van der Waals surface area contributed by atoms with Gasteiger partial charge in [-0.3, -0.25) is 9.69 Å². The van der Waals surface area contributed by atoms with Gasteiger partial charge in [0, 0.05) is 6.54 Å². The Labute approximate surface area is 158 Å². The normalized spacial score (nSPS) is 16.3. The van der Waals surface area contributed by atoms with E-state index in [1.54, 1.807) is 12.1 Å². The van der Waals surface area contributed by atoms with Crippen LogP contribution in [0.3, 0.4) is 0 Å². The van der Waals surface area contributed by atoms with Crippen LogP contribution in [0, 0.1) is 0 Å². The molecule has 0 aliphatic heterocycles. The first-order valence-corrected chi connectivity index (χ1v) is 9.11. The second kappa shape index (κ2) is 8.95. The lowest BCUT2D eigenvalue weighted by molar-refractivity contribution is -0.122. The quantitative estimate of drug-likeness (QED) is 0.799. The molecule has 1 amide bonds. The number of fused-ring (bicyclic) bond motifs is 1. The van der Waals surface area contributed by atoms with E-state index in [-0.39, 0.29) is 24.2 Å². The molecule has 3 rings (SSSR count). The predicted molar refractivity (Wildman–Crippen MR) is 99.7 cm³/mol. The molecule has 6 heteroatoms. The van der Waals surface area contributed by atoms with Gasteiger partial charge in [0.1, 0.15) is 5.75 Å². The standard InChI is InChI=1S/C21H24F2N2O2/c1-25(13-15-6-4-9-17(12-15)27-21(22)23)14-20(26)24-19-11-5-8-16-7-2-3-10-18(16)19/h2-4,6-7,9-10,12,19,21H,5,8,11,13-14H2,1H3,(H,24,26). The Balaban J connectivity index is 1.54. The summed E-state index contributed by atoms with van der Waals surface area (Å²) in [5, 5.41) is 3.12. The van der Waals surface area contributed by atoms with Gasteiger partial charge in [0.05, 0.1) is 12.6 Å². The number of halogens is 2. The number of carbonyl (C=O) groups is 1. The van der Waals surface area contributed by atoms with Crippen LogP contribution in [0.2, 0.25) is 0 Å². The van der Waals surface area contributed by atoms with Crippen molar-refractivity contribution in [3.8, 4) is 5.75 Å². The molecule has 0 fully saturated rings. The highest BCUT2D eigenvalue weighted by molar-refractivity contribution is 5.78. The lowest BCUT2D eigenvalue weighted by atomic mass is 9.88. The summed E-state index contributed by atoms with van der Waals surface area (Å²) in [5.41, 5.74) is 3.32. The number of hydrogen-bond donors (Lipinski definition) is 1. The molecular formula is C21H24F2N2O2. The molecule has 0 bridgehead atoms. The zero-order valence-corrected chi connectivity index (χ0v) is 15.3. The number of rotatable bonds is 7. The Hall–Kier alpha value is -2.47. The average Bonchev–Trinajstić information content (AvgIpc) is 2.61. The van der Waals surface area contributed by atoms with Crippen molar-refractivity contribution in [2.24, 2.45) is 0 Å². The van der Waals surface area contributed by atoms with Crippen molar-refractivity contribution in [2.45, 2.75) is 38.5 Å². The van der Waals surface area contributed by atoms with E-state index in [0.717, 1.165) is 24.8 Å². The number of amides is 1. The second-order valence-electron chi connectivity index (χ2n) is 6.91. The Morgan fingerprint density at radius 2 is 2.07 bits per heavy atom. The molecule has 0 heterocycles. The summed E-state index contributed by atoms with van der Waals surface area (Å²) < 4.78 is 29.1. The number of aryl methyl sites for hydroxylation is 1. The van der Waals surface area contributed by atoms with E-state index < -0.39 is 6.61 Å². The van der Waals surface area contributed by atoms with Crippen molar-refractivity contribution in [3.05, 3.63) is 65.2 Å². The minimum Gasteiger partial charge on any atom is -0.435 e. The van der Waals surface area contributed by atoms with Crippen LogP contribution < -0.4 is 10.1 Å². The van der Waals surface area contributed by atoms with Gasteiger partial charge >= 0.3 is 6.61 Å². The zero-order chi connectivity index (χ0) is 19.2. The Morgan fingerprint density at radius 1 is 1.26 bits per heavy atom. The van der Waals surface area contributed by atoms with Crippen molar-refractivity contribution in [3.63, 3.8) is 0 Å². The summed E-state index contributed by atoms with van der Waals surface area (Å²) >= 11 is 0. The van der Waals surface area contributed by atoms with E-state index in [9.17, 15) is 13.6 Å². The van der Waals surface area contributed by atoms with Crippen LogP contribution in [0.15, 0.2) is 48.5 Å². The Bertz CT molecular complexity index is 782. The molecule has 0 saturated carbocycles. The number of nitrogens with zero attached hydrogens (tertiary/aromatic N) is 1. The molecule has 1 aliphatic rings. The van der Waals surface area contributed by atoms with Crippen LogP contribution >= 0.6 is 0 Å². The molecule has 27 heavy (non-hydrogen) atoms. The Kier molecular flexibility index (Phi) is 6.40. The van der Waals surface area contributed by atoms with Gasteiger partial charge in [0.2, 0.25) is 5.91 Å². The fourth-order valence-electron chi connectivity index (χ4n) is 3.58. The first-order valence-electron chi connectivity index (χ1n) is 9.11. The molecule has 1 atom stereocenters. The summed E-state index contributed by atoms with van der Waals surface area (Å²) in [6.45, 7) is -2.14. The number of likely N-dealkylation sites (N-methyl/N-ethyl adjacent to an activating group) is 1. The van der Waals surface area contributed by atoms with Gasteiger partial charge in [0.25, 0.3) is 0 Å². The van der Waals surface area contributed by atoms with E-state index in [4.69, 9.17) is 0 Å². The highest BCUT2D eigenvalue weighted by atomic mass is 19.3. The summed E-state index contributed by atoms with van der Waals surface area (Å²) in [6.07, 6.45) is 3.06. The SMILES string of the molecule is CN(CC(=O)NC1CCCc2ccccc21)Cc1cccc(OC(F)F)c1. The number of carbonyl (C=O) groups excluding carboxylic acids is 1. The number of hydrogen-bond acceptors (Lipinski definition) is 3. The fraction of sp³-hybridized carbons (Fsp3) is 0.381. The van der Waals surface area contributed by atoms with Gasteiger partial charge in [-0.1, -0.05) is 36.4 Å². The topological polar surface area (TPSA) is 41.6 Å². The minimum absolute atomic E-state index is 0.0424. The highest BCUT2D eigenvalue weighted by Gasteiger charge is 2.21. The van der Waals surface area contributed by atoms with E-state index in [2.05, 4.69) is 22.2 Å². The number of alkyl halides is 2. The maximum atomic E-state index is 12.5. The number of ether oxygens (including phenoxy) is 1. The van der Waals surface area contributed by atoms with E-state index in [1.807, 2.05) is 30.1 Å². The first-order chi connectivity index (χ1) is 13.0. The highest BCUT2D eigenvalue weighted by Crippen LogP contribution is 2.29. The smallest absolute Gasteiger partial charge is 0.387 e. The summed E-state index contributed by atoms with van der Waals surface area (Å²) in [5.74, 6) is 0.0818. The monoisotopic (exact) mass is 374 g/mol. The molecular weight excluding hydrogens is 350 g/mol. The third-order valence-electron chi connectivity index (χ3n) is 4.69. The maximum absolute atomic E-state index is 12.5. The van der Waals surface area contributed by atoms with Crippen molar-refractivity contribution in [1.29, 1.82) is 0 Å². The molecule has 2 aromatic carbocycles. The third-order valence-corrected chi connectivity index (χ3v) is 4.69. The number of nitrogens with one attached hydrogen (secondary N) is 1. The molecule has 144 valence electrons. The third kappa shape index (κ3) is 5.50. The molecule has 1 aliphatic carbocycles. The van der Waals surface area contributed by atoms with Gasteiger partial charge in [0.15, 0.2) is 0 Å². The summed E-state index contributed by atoms with van der Waals surface area (Å²) in [4.78, 5) is 14.3. The maximum Gasteiger partial charge on any atom is 0.387 e. The first kappa shape index (κ1) is 19.3. The van der Waals surface area contributed by atoms with Crippen molar-refractivity contribution >= 4 is 5.91 Å². The van der Waals surface area contributed by atoms with Gasteiger partial charge in [-0.15, -0.1) is 0 Å². The van der Waals surface area contributed by atoms with Gasteiger partial charge in [-0.2, -0.15) is 8.78 Å². The number of benzene rings is 2. The second-order valence-corrected chi connectivity index (χ2v) is 6.91. The zero-order valence-electron chi connectivity index (χ0n) is 15.3. The fourth-order valence-corrected chi connectivity index (χ4v) is 3.58. The van der Waals surface area contributed by atoms with Crippen molar-refractivity contribution < 1.29 is 18.3 Å².